The van der Waals surface area contributed by atoms with Crippen molar-refractivity contribution >= 4 is 29.0 Å². The number of ether oxygens (including phenoxy) is 2. The van der Waals surface area contributed by atoms with Crippen LogP contribution in [0, 0.1) is 0 Å². The van der Waals surface area contributed by atoms with E-state index in [9.17, 15) is 9.59 Å². The van der Waals surface area contributed by atoms with E-state index in [4.69, 9.17) is 9.47 Å². The second kappa shape index (κ2) is 6.67. The van der Waals surface area contributed by atoms with Crippen LogP contribution in [0.1, 0.15) is 19.4 Å². The van der Waals surface area contributed by atoms with Gasteiger partial charge in [-0.3, -0.25) is 14.5 Å². The van der Waals surface area contributed by atoms with E-state index < -0.39 is 0 Å². The molecule has 0 N–H and O–H groups in total. The quantitative estimate of drug-likeness (QED) is 0.782. The second-order valence-corrected chi connectivity index (χ2v) is 5.26. The van der Waals surface area contributed by atoms with Crippen molar-refractivity contribution in [2.75, 3.05) is 20.3 Å². The van der Waals surface area contributed by atoms with Crippen LogP contribution in [0.2, 0.25) is 0 Å². The molecule has 0 saturated carbocycles. The minimum Gasteiger partial charge on any atom is -0.493 e. The van der Waals surface area contributed by atoms with Gasteiger partial charge in [-0.15, -0.1) is 0 Å². The maximum atomic E-state index is 12.0. The van der Waals surface area contributed by atoms with Crippen molar-refractivity contribution in [3.8, 4) is 11.5 Å². The number of thioether (sulfide) groups is 1. The monoisotopic (exact) mass is 307 g/mol. The zero-order valence-electron chi connectivity index (χ0n) is 12.2. The van der Waals surface area contributed by atoms with Crippen LogP contribution in [0.4, 0.5) is 4.79 Å². The number of amides is 2. The highest BCUT2D eigenvalue weighted by atomic mass is 32.2. The fraction of sp³-hybridized carbons (Fsp3) is 0.333. The molecule has 1 aliphatic heterocycles. The summed E-state index contributed by atoms with van der Waals surface area (Å²) < 4.78 is 10.7. The summed E-state index contributed by atoms with van der Waals surface area (Å²) in [6.07, 6.45) is 1.69. The summed E-state index contributed by atoms with van der Waals surface area (Å²) in [7, 11) is 1.56. The smallest absolute Gasteiger partial charge is 0.293 e. The number of imide groups is 1. The first kappa shape index (κ1) is 15.4. The molecule has 0 aromatic heterocycles. The SMILES string of the molecule is CCOc1ccc(/C=C2/SC(=O)N(CC)C2=O)cc1OC. The van der Waals surface area contributed by atoms with Crippen LogP contribution in [0.15, 0.2) is 23.1 Å². The maximum Gasteiger partial charge on any atom is 0.293 e. The molecule has 0 unspecified atom stereocenters. The molecule has 1 heterocycles. The molecule has 2 rings (SSSR count). The zero-order chi connectivity index (χ0) is 15.4. The van der Waals surface area contributed by atoms with E-state index in [0.29, 0.717) is 29.6 Å². The number of carbonyl (C=O) groups is 2. The molecule has 0 radical (unpaired) electrons. The third-order valence-corrected chi connectivity index (χ3v) is 3.88. The molecule has 21 heavy (non-hydrogen) atoms. The first-order chi connectivity index (χ1) is 10.1. The van der Waals surface area contributed by atoms with E-state index in [0.717, 1.165) is 17.3 Å². The van der Waals surface area contributed by atoms with Crippen LogP contribution in [0.5, 0.6) is 11.5 Å². The highest BCUT2D eigenvalue weighted by molar-refractivity contribution is 8.18. The summed E-state index contributed by atoms with van der Waals surface area (Å²) in [5.74, 6) is 1.000. The zero-order valence-corrected chi connectivity index (χ0v) is 13.0. The highest BCUT2D eigenvalue weighted by Gasteiger charge is 2.33. The number of hydrogen-bond donors (Lipinski definition) is 0. The van der Waals surface area contributed by atoms with Crippen molar-refractivity contribution < 1.29 is 19.1 Å². The van der Waals surface area contributed by atoms with Crippen LogP contribution < -0.4 is 9.47 Å². The van der Waals surface area contributed by atoms with E-state index in [1.165, 1.54) is 4.90 Å². The van der Waals surface area contributed by atoms with Gasteiger partial charge < -0.3 is 9.47 Å². The van der Waals surface area contributed by atoms with E-state index >= 15 is 0 Å². The van der Waals surface area contributed by atoms with Crippen molar-refractivity contribution in [3.05, 3.63) is 28.7 Å². The Balaban J connectivity index is 2.29. The molecule has 1 aromatic rings. The molecule has 1 fully saturated rings. The van der Waals surface area contributed by atoms with E-state index in [1.54, 1.807) is 32.2 Å². The predicted molar refractivity (Wildman–Crippen MR) is 82.5 cm³/mol. The Morgan fingerprint density at radius 2 is 2.00 bits per heavy atom. The Morgan fingerprint density at radius 3 is 2.57 bits per heavy atom. The topological polar surface area (TPSA) is 55.8 Å². The normalized spacial score (nSPS) is 16.7. The lowest BCUT2D eigenvalue weighted by atomic mass is 10.2. The van der Waals surface area contributed by atoms with Crippen LogP contribution in [0.3, 0.4) is 0 Å². The minimum absolute atomic E-state index is 0.230. The molecule has 112 valence electrons. The molecular formula is C15H17NO4S. The maximum absolute atomic E-state index is 12.0. The average molecular weight is 307 g/mol. The third-order valence-electron chi connectivity index (χ3n) is 2.98. The Labute approximate surface area is 127 Å². The van der Waals surface area contributed by atoms with Crippen molar-refractivity contribution in [1.29, 1.82) is 0 Å². The predicted octanol–water partition coefficient (Wildman–Crippen LogP) is 3.15. The van der Waals surface area contributed by atoms with Crippen molar-refractivity contribution in [2.24, 2.45) is 0 Å². The number of hydrogen-bond acceptors (Lipinski definition) is 5. The Kier molecular flexibility index (Phi) is 4.90. The standard InChI is InChI=1S/C15H17NO4S/c1-4-16-14(17)13(21-15(16)18)9-10-6-7-11(20-5-2)12(8-10)19-3/h6-9H,4-5H2,1-3H3/b13-9+. The molecule has 2 amide bonds. The summed E-state index contributed by atoms with van der Waals surface area (Å²) >= 11 is 0.956. The van der Waals surface area contributed by atoms with Crippen molar-refractivity contribution in [1.82, 2.24) is 4.90 Å². The van der Waals surface area contributed by atoms with Gasteiger partial charge in [0.25, 0.3) is 11.1 Å². The molecule has 0 bridgehead atoms. The van der Waals surface area contributed by atoms with Gasteiger partial charge in [0, 0.05) is 6.54 Å². The fourth-order valence-corrected chi connectivity index (χ4v) is 2.88. The van der Waals surface area contributed by atoms with Crippen molar-refractivity contribution in [2.45, 2.75) is 13.8 Å². The number of nitrogens with zero attached hydrogens (tertiary/aromatic N) is 1. The summed E-state index contributed by atoms with van der Waals surface area (Å²) in [4.78, 5) is 25.3. The van der Waals surface area contributed by atoms with Gasteiger partial charge in [-0.2, -0.15) is 0 Å². The Bertz CT molecular complexity index is 597. The van der Waals surface area contributed by atoms with Crippen LogP contribution in [-0.4, -0.2) is 36.3 Å². The van der Waals surface area contributed by atoms with Gasteiger partial charge in [-0.1, -0.05) is 6.07 Å². The summed E-state index contributed by atoms with van der Waals surface area (Å²) in [5.41, 5.74) is 0.789. The van der Waals surface area contributed by atoms with Crippen LogP contribution in [-0.2, 0) is 4.79 Å². The average Bonchev–Trinajstić information content (AvgIpc) is 2.74. The molecule has 0 aliphatic carbocycles. The summed E-state index contributed by atoms with van der Waals surface area (Å²) in [6.45, 7) is 4.60. The van der Waals surface area contributed by atoms with E-state index in [2.05, 4.69) is 0 Å². The number of methoxy groups -OCH3 is 1. The van der Waals surface area contributed by atoms with Crippen molar-refractivity contribution in [3.63, 3.8) is 0 Å². The lowest BCUT2D eigenvalue weighted by molar-refractivity contribution is -0.122. The molecule has 1 aliphatic rings. The van der Waals surface area contributed by atoms with E-state index in [1.807, 2.05) is 13.0 Å². The lowest BCUT2D eigenvalue weighted by Gasteiger charge is -2.10. The van der Waals surface area contributed by atoms with Gasteiger partial charge in [0.1, 0.15) is 0 Å². The number of likely N-dealkylation sites (N-methyl/N-ethyl adjacent to an activating group) is 1. The van der Waals surface area contributed by atoms with E-state index in [-0.39, 0.29) is 11.1 Å². The molecule has 5 nitrogen and oxygen atoms in total. The largest absolute Gasteiger partial charge is 0.493 e. The molecule has 1 aromatic carbocycles. The summed E-state index contributed by atoms with van der Waals surface area (Å²) in [6, 6.07) is 5.40. The first-order valence-electron chi connectivity index (χ1n) is 6.66. The lowest BCUT2D eigenvalue weighted by Crippen LogP contribution is -2.27. The molecule has 0 spiro atoms. The van der Waals surface area contributed by atoms with Gasteiger partial charge in [0.2, 0.25) is 0 Å². The second-order valence-electron chi connectivity index (χ2n) is 4.27. The van der Waals surface area contributed by atoms with Gasteiger partial charge in [0.15, 0.2) is 11.5 Å². The van der Waals surface area contributed by atoms with Crippen LogP contribution in [0.25, 0.3) is 6.08 Å². The molecule has 6 heteroatoms. The minimum atomic E-state index is -0.250. The number of carbonyl (C=O) groups excluding carboxylic acids is 2. The molecular weight excluding hydrogens is 290 g/mol. The third kappa shape index (κ3) is 3.21. The summed E-state index contributed by atoms with van der Waals surface area (Å²) in [5, 5.41) is -0.230. The first-order valence-corrected chi connectivity index (χ1v) is 7.48. The van der Waals surface area contributed by atoms with Gasteiger partial charge in [0.05, 0.1) is 18.6 Å². The Hall–Kier alpha value is -1.95. The molecule has 1 saturated heterocycles. The number of rotatable bonds is 5. The number of benzene rings is 1. The van der Waals surface area contributed by atoms with Gasteiger partial charge in [-0.05, 0) is 49.4 Å². The van der Waals surface area contributed by atoms with Gasteiger partial charge >= 0.3 is 0 Å². The fourth-order valence-electron chi connectivity index (χ4n) is 1.97. The van der Waals surface area contributed by atoms with Gasteiger partial charge in [-0.25, -0.2) is 0 Å². The Morgan fingerprint density at radius 1 is 1.24 bits per heavy atom. The highest BCUT2D eigenvalue weighted by Crippen LogP contribution is 2.34. The van der Waals surface area contributed by atoms with Crippen LogP contribution >= 0.6 is 11.8 Å². The molecule has 0 atom stereocenters.